The second-order valence-corrected chi connectivity index (χ2v) is 5.07. The first-order valence-corrected chi connectivity index (χ1v) is 6.35. The van der Waals surface area contributed by atoms with Gasteiger partial charge in [-0.1, -0.05) is 49.9 Å². The Bertz CT molecular complexity index is 581. The van der Waals surface area contributed by atoms with E-state index in [1.165, 1.54) is 6.08 Å². The van der Waals surface area contributed by atoms with Gasteiger partial charge >= 0.3 is 0 Å². The Kier molecular flexibility index (Phi) is 3.43. The summed E-state index contributed by atoms with van der Waals surface area (Å²) in [5.74, 6) is 0.220. The van der Waals surface area contributed by atoms with Gasteiger partial charge in [0, 0.05) is 5.56 Å². The van der Waals surface area contributed by atoms with Crippen LogP contribution in [0.4, 0.5) is 0 Å². The molecule has 98 valence electrons. The number of para-hydroxylation sites is 1. The third-order valence-corrected chi connectivity index (χ3v) is 4.02. The van der Waals surface area contributed by atoms with Crippen LogP contribution in [0.25, 0.3) is 5.57 Å². The van der Waals surface area contributed by atoms with Gasteiger partial charge in [0.15, 0.2) is 5.78 Å². The molecule has 2 unspecified atom stereocenters. The monoisotopic (exact) mass is 254 g/mol. The van der Waals surface area contributed by atoms with Gasteiger partial charge in [-0.25, -0.2) is 0 Å². The van der Waals surface area contributed by atoms with E-state index in [9.17, 15) is 9.90 Å². The minimum Gasteiger partial charge on any atom is -0.507 e. The lowest BCUT2D eigenvalue weighted by Gasteiger charge is -2.35. The van der Waals surface area contributed by atoms with Crippen molar-refractivity contribution in [1.82, 2.24) is 0 Å². The average Bonchev–Trinajstić information content (AvgIpc) is 2.42. The normalized spacial score (nSPS) is 25.8. The second kappa shape index (κ2) is 4.88. The van der Waals surface area contributed by atoms with Gasteiger partial charge < -0.3 is 5.11 Å². The topological polar surface area (TPSA) is 37.3 Å². The molecule has 2 atom stereocenters. The first kappa shape index (κ1) is 13.3. The van der Waals surface area contributed by atoms with Crippen molar-refractivity contribution in [3.8, 4) is 5.75 Å². The van der Waals surface area contributed by atoms with Gasteiger partial charge in [0.25, 0.3) is 0 Å². The molecule has 0 amide bonds. The van der Waals surface area contributed by atoms with Crippen LogP contribution in [0.5, 0.6) is 5.75 Å². The van der Waals surface area contributed by atoms with Crippen molar-refractivity contribution in [3.63, 3.8) is 0 Å². The summed E-state index contributed by atoms with van der Waals surface area (Å²) in [6, 6.07) is 7.20. The molecule has 0 aliphatic heterocycles. The summed E-state index contributed by atoms with van der Waals surface area (Å²) in [5.41, 5.74) is 1.15. The number of carbonyl (C=O) groups is 1. The number of aromatic hydroxyl groups is 1. The fraction of sp³-hybridized carbons (Fsp3) is 0.235. The number of ketones is 1. The SMILES string of the molecule is C=CC(=O)C1(C)C=CC=C(c2ccccc2O)C1C. The number of phenolic OH excluding ortho intramolecular Hbond substituents is 1. The highest BCUT2D eigenvalue weighted by Crippen LogP contribution is 2.44. The van der Waals surface area contributed by atoms with Gasteiger partial charge in [-0.15, -0.1) is 0 Å². The first-order chi connectivity index (χ1) is 9.00. The van der Waals surface area contributed by atoms with Gasteiger partial charge in [-0.05, 0) is 30.6 Å². The van der Waals surface area contributed by atoms with Crippen LogP contribution in [0.1, 0.15) is 19.4 Å². The van der Waals surface area contributed by atoms with Crippen molar-refractivity contribution in [2.75, 3.05) is 0 Å². The smallest absolute Gasteiger partial charge is 0.165 e. The van der Waals surface area contributed by atoms with E-state index in [2.05, 4.69) is 6.58 Å². The second-order valence-electron chi connectivity index (χ2n) is 5.07. The van der Waals surface area contributed by atoms with E-state index in [-0.39, 0.29) is 17.5 Å². The van der Waals surface area contributed by atoms with E-state index < -0.39 is 5.41 Å². The molecule has 0 radical (unpaired) electrons. The Morgan fingerprint density at radius 1 is 1.42 bits per heavy atom. The lowest BCUT2D eigenvalue weighted by Crippen LogP contribution is -2.33. The zero-order chi connectivity index (χ0) is 14.0. The molecule has 2 heteroatoms. The van der Waals surface area contributed by atoms with Crippen LogP contribution in [0.2, 0.25) is 0 Å². The van der Waals surface area contributed by atoms with Crippen LogP contribution >= 0.6 is 0 Å². The molecule has 1 aromatic rings. The third kappa shape index (κ3) is 2.14. The molecular weight excluding hydrogens is 236 g/mol. The van der Waals surface area contributed by atoms with Crippen LogP contribution in [0.3, 0.4) is 0 Å². The van der Waals surface area contributed by atoms with Gasteiger partial charge in [0.1, 0.15) is 5.75 Å². The molecule has 0 fully saturated rings. The maximum Gasteiger partial charge on any atom is 0.165 e. The summed E-state index contributed by atoms with van der Waals surface area (Å²) in [7, 11) is 0. The van der Waals surface area contributed by atoms with E-state index in [1.54, 1.807) is 12.1 Å². The van der Waals surface area contributed by atoms with Crippen molar-refractivity contribution >= 4 is 11.4 Å². The molecule has 1 aliphatic rings. The molecule has 0 saturated heterocycles. The third-order valence-electron chi connectivity index (χ3n) is 4.02. The minimum atomic E-state index is -0.603. The lowest BCUT2D eigenvalue weighted by atomic mass is 9.67. The molecule has 1 N–H and O–H groups in total. The van der Waals surface area contributed by atoms with Crippen LogP contribution in [-0.2, 0) is 4.79 Å². The highest BCUT2D eigenvalue weighted by Gasteiger charge is 2.38. The van der Waals surface area contributed by atoms with Crippen molar-refractivity contribution in [3.05, 3.63) is 60.7 Å². The maximum atomic E-state index is 12.1. The summed E-state index contributed by atoms with van der Waals surface area (Å²) in [6.45, 7) is 7.49. The summed E-state index contributed by atoms with van der Waals surface area (Å²) in [4.78, 5) is 12.1. The van der Waals surface area contributed by atoms with Gasteiger partial charge in [-0.3, -0.25) is 4.79 Å². The molecule has 0 bridgehead atoms. The molecular formula is C17H18O2. The van der Waals surface area contributed by atoms with E-state index in [1.807, 2.05) is 44.2 Å². The van der Waals surface area contributed by atoms with Crippen molar-refractivity contribution < 1.29 is 9.90 Å². The standard InChI is InChI=1S/C17H18O2/c1-4-16(19)17(3)11-7-9-13(12(17)2)14-8-5-6-10-15(14)18/h4-12,18H,1H2,2-3H3. The Morgan fingerprint density at radius 3 is 2.74 bits per heavy atom. The number of carbonyl (C=O) groups excluding carboxylic acids is 1. The summed E-state index contributed by atoms with van der Waals surface area (Å²) in [6.07, 6.45) is 7.11. The van der Waals surface area contributed by atoms with Crippen LogP contribution in [0.15, 0.2) is 55.1 Å². The van der Waals surface area contributed by atoms with E-state index >= 15 is 0 Å². The molecule has 2 rings (SSSR count). The van der Waals surface area contributed by atoms with Crippen molar-refractivity contribution in [2.24, 2.45) is 11.3 Å². The maximum absolute atomic E-state index is 12.1. The number of hydrogen-bond donors (Lipinski definition) is 1. The molecule has 1 aliphatic carbocycles. The molecule has 0 spiro atoms. The number of rotatable bonds is 3. The fourth-order valence-corrected chi connectivity index (χ4v) is 2.52. The van der Waals surface area contributed by atoms with Gasteiger partial charge in [0.2, 0.25) is 0 Å². The van der Waals surface area contributed by atoms with Gasteiger partial charge in [-0.2, -0.15) is 0 Å². The summed E-state index contributed by atoms with van der Waals surface area (Å²) < 4.78 is 0. The average molecular weight is 254 g/mol. The van der Waals surface area contributed by atoms with Crippen LogP contribution < -0.4 is 0 Å². The zero-order valence-electron chi connectivity index (χ0n) is 11.3. The number of allylic oxidation sites excluding steroid dienone is 5. The summed E-state index contributed by atoms with van der Waals surface area (Å²) in [5, 5.41) is 9.98. The predicted molar refractivity (Wildman–Crippen MR) is 77.7 cm³/mol. The molecule has 0 aromatic heterocycles. The molecule has 1 aromatic carbocycles. The zero-order valence-corrected chi connectivity index (χ0v) is 11.3. The highest BCUT2D eigenvalue weighted by molar-refractivity contribution is 5.98. The quantitative estimate of drug-likeness (QED) is 0.834. The Balaban J connectivity index is 2.48. The highest BCUT2D eigenvalue weighted by atomic mass is 16.3. The molecule has 19 heavy (non-hydrogen) atoms. The number of phenols is 1. The Morgan fingerprint density at radius 2 is 2.11 bits per heavy atom. The summed E-state index contributed by atoms with van der Waals surface area (Å²) >= 11 is 0. The predicted octanol–water partition coefficient (Wildman–Crippen LogP) is 3.74. The van der Waals surface area contributed by atoms with E-state index in [0.29, 0.717) is 0 Å². The minimum absolute atomic E-state index is 0.00253. The van der Waals surface area contributed by atoms with Crippen molar-refractivity contribution in [1.29, 1.82) is 0 Å². The number of hydrogen-bond acceptors (Lipinski definition) is 2. The van der Waals surface area contributed by atoms with Crippen LogP contribution in [-0.4, -0.2) is 10.9 Å². The largest absolute Gasteiger partial charge is 0.507 e. The van der Waals surface area contributed by atoms with Gasteiger partial charge in [0.05, 0.1) is 5.41 Å². The van der Waals surface area contributed by atoms with E-state index in [0.717, 1.165) is 11.1 Å². The Labute approximate surface area is 113 Å². The lowest BCUT2D eigenvalue weighted by molar-refractivity contribution is -0.122. The van der Waals surface area contributed by atoms with E-state index in [4.69, 9.17) is 0 Å². The fourth-order valence-electron chi connectivity index (χ4n) is 2.52. The van der Waals surface area contributed by atoms with Crippen LogP contribution in [0, 0.1) is 11.3 Å². The van der Waals surface area contributed by atoms with Crippen molar-refractivity contribution in [2.45, 2.75) is 13.8 Å². The molecule has 2 nitrogen and oxygen atoms in total. The molecule has 0 saturated carbocycles. The Hall–Kier alpha value is -2.09. The first-order valence-electron chi connectivity index (χ1n) is 6.35. The molecule has 0 heterocycles. The number of benzene rings is 1.